The van der Waals surface area contributed by atoms with Gasteiger partial charge in [-0.05, 0) is 29.7 Å². The molecule has 0 aliphatic rings. The van der Waals surface area contributed by atoms with E-state index in [4.69, 9.17) is 35.9 Å². The summed E-state index contributed by atoms with van der Waals surface area (Å²) < 4.78 is 27.6. The van der Waals surface area contributed by atoms with Gasteiger partial charge in [-0.25, -0.2) is 0 Å². The third kappa shape index (κ3) is 4.22. The summed E-state index contributed by atoms with van der Waals surface area (Å²) in [5.74, 6) is 2.17. The molecule has 0 atom stereocenters. The van der Waals surface area contributed by atoms with Crippen molar-refractivity contribution in [3.05, 3.63) is 47.0 Å². The number of hydrogen-bond acceptors (Lipinski definition) is 6. The Hall–Kier alpha value is -2.73. The maximum Gasteiger partial charge on any atom is 0.211 e. The van der Waals surface area contributed by atoms with Gasteiger partial charge in [0.05, 0.1) is 41.1 Å². The van der Waals surface area contributed by atoms with Gasteiger partial charge in [0.15, 0.2) is 11.5 Å². The molecule has 28 heavy (non-hydrogen) atoms. The number of benzene rings is 2. The smallest absolute Gasteiger partial charge is 0.211 e. The molecule has 0 fully saturated rings. The minimum Gasteiger partial charge on any atom is -0.492 e. The number of ether oxygens (including phenoxy) is 5. The van der Waals surface area contributed by atoms with Crippen LogP contribution in [0, 0.1) is 0 Å². The topological polar surface area (TPSA) is 46.2 Å². The van der Waals surface area contributed by atoms with Gasteiger partial charge in [0.25, 0.3) is 0 Å². The van der Waals surface area contributed by atoms with Crippen molar-refractivity contribution in [1.82, 2.24) is 0 Å². The van der Waals surface area contributed by atoms with E-state index in [0.717, 1.165) is 12.0 Å². The van der Waals surface area contributed by atoms with Crippen molar-refractivity contribution in [2.24, 2.45) is 0 Å². The molecule has 0 saturated carbocycles. The van der Waals surface area contributed by atoms with Crippen molar-refractivity contribution in [3.63, 3.8) is 0 Å². The quantitative estimate of drug-likeness (QED) is 0.343. The van der Waals surface area contributed by atoms with Gasteiger partial charge in [-0.1, -0.05) is 43.4 Å². The minimum atomic E-state index is 0.397. The molecule has 0 N–H and O–H groups in total. The zero-order valence-electron chi connectivity index (χ0n) is 17.1. The zero-order valence-corrected chi connectivity index (χ0v) is 17.9. The largest absolute Gasteiger partial charge is 0.492 e. The second-order valence-corrected chi connectivity index (χ2v) is 6.27. The molecule has 0 saturated heterocycles. The van der Waals surface area contributed by atoms with Crippen molar-refractivity contribution in [2.75, 3.05) is 35.5 Å². The Bertz CT molecular complexity index is 823. The van der Waals surface area contributed by atoms with Crippen LogP contribution in [0.2, 0.25) is 0 Å². The summed E-state index contributed by atoms with van der Waals surface area (Å²) in [6, 6.07) is 8.20. The fourth-order valence-electron chi connectivity index (χ4n) is 2.93. The van der Waals surface area contributed by atoms with E-state index in [-0.39, 0.29) is 0 Å². The lowest BCUT2D eigenvalue weighted by molar-refractivity contribution is 0.290. The second kappa shape index (κ2) is 9.99. The van der Waals surface area contributed by atoms with Crippen LogP contribution in [0.15, 0.2) is 30.3 Å². The van der Waals surface area contributed by atoms with Crippen molar-refractivity contribution >= 4 is 23.2 Å². The number of aryl methyl sites for hydroxylation is 1. The molecule has 0 spiro atoms. The summed E-state index contributed by atoms with van der Waals surface area (Å²) >= 11 is 5.57. The second-order valence-electron chi connectivity index (χ2n) is 5.83. The Labute approximate surface area is 171 Å². The molecule has 0 aliphatic heterocycles. The van der Waals surface area contributed by atoms with E-state index in [1.165, 1.54) is 12.7 Å². The fraction of sp³-hybridized carbons (Fsp3) is 0.318. The summed E-state index contributed by atoms with van der Waals surface area (Å²) in [6.07, 6.45) is 4.66. The van der Waals surface area contributed by atoms with Crippen LogP contribution in [-0.4, -0.2) is 40.4 Å². The molecule has 2 aromatic rings. The predicted octanol–water partition coefficient (Wildman–Crippen LogP) is 4.72. The Morgan fingerprint density at radius 2 is 1.18 bits per heavy atom. The summed E-state index contributed by atoms with van der Waals surface area (Å²) in [5, 5.41) is 0. The first-order valence-electron chi connectivity index (χ1n) is 8.81. The Morgan fingerprint density at radius 3 is 1.57 bits per heavy atom. The maximum absolute atomic E-state index is 5.59. The van der Waals surface area contributed by atoms with E-state index in [2.05, 4.69) is 19.1 Å². The minimum absolute atomic E-state index is 0.397. The Balaban J connectivity index is 2.56. The first-order chi connectivity index (χ1) is 13.6. The van der Waals surface area contributed by atoms with Gasteiger partial charge < -0.3 is 23.7 Å². The molecular formula is C22H26O5S. The number of thiocarbonyl (C=S) groups is 1. The lowest BCUT2D eigenvalue weighted by Gasteiger charge is -2.20. The zero-order chi connectivity index (χ0) is 20.7. The summed E-state index contributed by atoms with van der Waals surface area (Å²) in [5.41, 5.74) is 2.88. The van der Waals surface area contributed by atoms with Gasteiger partial charge in [-0.2, -0.15) is 0 Å². The van der Waals surface area contributed by atoms with Crippen molar-refractivity contribution in [1.29, 1.82) is 0 Å². The fourth-order valence-corrected chi connectivity index (χ4v) is 3.13. The molecule has 0 aliphatic carbocycles. The molecule has 0 aromatic heterocycles. The lowest BCUT2D eigenvalue weighted by atomic mass is 10.0. The van der Waals surface area contributed by atoms with E-state index in [0.29, 0.717) is 39.2 Å². The normalized spacial score (nSPS) is 10.6. The number of methoxy groups -OCH3 is 5. The Morgan fingerprint density at radius 1 is 0.750 bits per heavy atom. The van der Waals surface area contributed by atoms with Crippen molar-refractivity contribution < 1.29 is 23.7 Å². The number of allylic oxidation sites excluding steroid dienone is 1. The molecule has 6 heteroatoms. The lowest BCUT2D eigenvalue weighted by Crippen LogP contribution is -2.03. The van der Waals surface area contributed by atoms with Crippen LogP contribution in [0.4, 0.5) is 0 Å². The number of rotatable bonds is 9. The van der Waals surface area contributed by atoms with Gasteiger partial charge in [-0.3, -0.25) is 0 Å². The average molecular weight is 403 g/mol. The standard InChI is InChI=1S/C22H26O5S/c1-7-14-8-10-15(11-9-14)17(28)13-12-16-18(23-2)20(25-4)22(27-6)21(26-5)19(16)24-3/h8-13H,7H2,1-6H3. The molecule has 0 bridgehead atoms. The molecule has 2 rings (SSSR count). The summed E-state index contributed by atoms with van der Waals surface area (Å²) in [4.78, 5) is 0.695. The van der Waals surface area contributed by atoms with E-state index < -0.39 is 0 Å². The highest BCUT2D eigenvalue weighted by Crippen LogP contribution is 2.53. The van der Waals surface area contributed by atoms with Crippen LogP contribution in [0.1, 0.15) is 23.6 Å². The van der Waals surface area contributed by atoms with Gasteiger partial charge in [0.2, 0.25) is 17.2 Å². The summed E-state index contributed by atoms with van der Waals surface area (Å²) in [6.45, 7) is 2.12. The van der Waals surface area contributed by atoms with Crippen LogP contribution in [0.5, 0.6) is 28.7 Å². The predicted molar refractivity (Wildman–Crippen MR) is 116 cm³/mol. The maximum atomic E-state index is 5.59. The Kier molecular flexibility index (Phi) is 7.70. The highest BCUT2D eigenvalue weighted by atomic mass is 32.1. The highest BCUT2D eigenvalue weighted by molar-refractivity contribution is 7.81. The third-order valence-corrected chi connectivity index (χ3v) is 4.75. The first kappa shape index (κ1) is 21.6. The molecule has 2 aromatic carbocycles. The average Bonchev–Trinajstić information content (AvgIpc) is 2.75. The van der Waals surface area contributed by atoms with Crippen molar-refractivity contribution in [3.8, 4) is 28.7 Å². The monoisotopic (exact) mass is 402 g/mol. The summed E-state index contributed by atoms with van der Waals surface area (Å²) in [7, 11) is 7.73. The highest BCUT2D eigenvalue weighted by Gasteiger charge is 2.27. The first-order valence-corrected chi connectivity index (χ1v) is 9.22. The van der Waals surface area contributed by atoms with Crippen LogP contribution in [0.25, 0.3) is 6.08 Å². The van der Waals surface area contributed by atoms with Gasteiger partial charge in [-0.15, -0.1) is 0 Å². The van der Waals surface area contributed by atoms with E-state index >= 15 is 0 Å². The molecule has 0 amide bonds. The molecule has 0 heterocycles. The molecule has 5 nitrogen and oxygen atoms in total. The van der Waals surface area contributed by atoms with Crippen LogP contribution in [0.3, 0.4) is 0 Å². The van der Waals surface area contributed by atoms with Crippen LogP contribution in [-0.2, 0) is 6.42 Å². The van der Waals surface area contributed by atoms with E-state index in [1.807, 2.05) is 24.3 Å². The van der Waals surface area contributed by atoms with Crippen LogP contribution < -0.4 is 23.7 Å². The third-order valence-electron chi connectivity index (χ3n) is 4.38. The molecular weight excluding hydrogens is 376 g/mol. The van der Waals surface area contributed by atoms with Gasteiger partial charge >= 0.3 is 0 Å². The molecule has 0 radical (unpaired) electrons. The number of hydrogen-bond donors (Lipinski definition) is 0. The molecule has 150 valence electrons. The van der Waals surface area contributed by atoms with Crippen molar-refractivity contribution in [2.45, 2.75) is 13.3 Å². The van der Waals surface area contributed by atoms with Gasteiger partial charge in [0.1, 0.15) is 0 Å². The van der Waals surface area contributed by atoms with E-state index in [1.54, 1.807) is 28.4 Å². The van der Waals surface area contributed by atoms with Gasteiger partial charge in [0, 0.05) is 4.86 Å². The molecule has 0 unspecified atom stereocenters. The van der Waals surface area contributed by atoms with Crippen LogP contribution >= 0.6 is 12.2 Å². The van der Waals surface area contributed by atoms with E-state index in [9.17, 15) is 0 Å². The SMILES string of the molecule is CCc1ccc(C(=S)C=Cc2c(OC)c(OC)c(OC)c(OC)c2OC)cc1.